The smallest absolute Gasteiger partial charge is 0.122 e. The Morgan fingerprint density at radius 3 is 2.96 bits per heavy atom. The van der Waals surface area contributed by atoms with Gasteiger partial charge in [-0.15, -0.1) is 11.3 Å². The predicted octanol–water partition coefficient (Wildman–Crippen LogP) is 2.78. The molecule has 23 heavy (non-hydrogen) atoms. The molecule has 1 aliphatic rings. The molecule has 4 heterocycles. The molecule has 0 saturated carbocycles. The molecule has 0 amide bonds. The maximum absolute atomic E-state index is 4.55. The van der Waals surface area contributed by atoms with Crippen LogP contribution in [-0.4, -0.2) is 30.8 Å². The fraction of sp³-hybridized carbons (Fsp3) is 0.412. The lowest BCUT2D eigenvalue weighted by Gasteiger charge is -2.23. The van der Waals surface area contributed by atoms with E-state index in [1.165, 1.54) is 15.6 Å². The van der Waals surface area contributed by atoms with Crippen LogP contribution >= 0.6 is 11.3 Å². The SMILES string of the molecule is Cc1ccc(CN2Cc3nccn3C[C@H](Cn3cccn3)C2)s1. The number of aromatic nitrogens is 4. The molecule has 4 rings (SSSR count). The van der Waals surface area contributed by atoms with Crippen molar-refractivity contribution in [3.8, 4) is 0 Å². The summed E-state index contributed by atoms with van der Waals surface area (Å²) in [5.74, 6) is 1.70. The van der Waals surface area contributed by atoms with Gasteiger partial charge in [0.1, 0.15) is 5.82 Å². The Kier molecular flexibility index (Phi) is 4.01. The van der Waals surface area contributed by atoms with Crippen LogP contribution in [0.25, 0.3) is 0 Å². The average Bonchev–Trinajstić information content (AvgIpc) is 3.23. The number of fused-ring (bicyclic) bond motifs is 1. The van der Waals surface area contributed by atoms with Crippen LogP contribution in [0.15, 0.2) is 43.0 Å². The van der Waals surface area contributed by atoms with Crippen LogP contribution in [0.3, 0.4) is 0 Å². The molecule has 3 aromatic rings. The van der Waals surface area contributed by atoms with Crippen LogP contribution in [0.4, 0.5) is 0 Å². The third-order valence-corrected chi connectivity index (χ3v) is 5.30. The van der Waals surface area contributed by atoms with Gasteiger partial charge in [-0.3, -0.25) is 9.58 Å². The van der Waals surface area contributed by atoms with E-state index in [0.717, 1.165) is 32.7 Å². The summed E-state index contributed by atoms with van der Waals surface area (Å²) in [4.78, 5) is 9.88. The summed E-state index contributed by atoms with van der Waals surface area (Å²) in [6, 6.07) is 6.45. The maximum Gasteiger partial charge on any atom is 0.122 e. The first-order valence-electron chi connectivity index (χ1n) is 8.01. The van der Waals surface area contributed by atoms with Crippen molar-refractivity contribution in [2.45, 2.75) is 33.1 Å². The minimum atomic E-state index is 0.534. The fourth-order valence-corrected chi connectivity index (χ4v) is 4.26. The first kappa shape index (κ1) is 14.7. The lowest BCUT2D eigenvalue weighted by molar-refractivity contribution is 0.207. The fourth-order valence-electron chi connectivity index (χ4n) is 3.32. The molecule has 0 aliphatic carbocycles. The zero-order valence-corrected chi connectivity index (χ0v) is 14.1. The summed E-state index contributed by atoms with van der Waals surface area (Å²) in [5, 5.41) is 4.37. The Morgan fingerprint density at radius 1 is 1.22 bits per heavy atom. The molecule has 0 unspecified atom stereocenters. The zero-order valence-electron chi connectivity index (χ0n) is 13.3. The van der Waals surface area contributed by atoms with Crippen LogP contribution in [-0.2, 0) is 26.2 Å². The molecular weight excluding hydrogens is 306 g/mol. The molecular formula is C17H21N5S. The maximum atomic E-state index is 4.55. The minimum Gasteiger partial charge on any atom is -0.333 e. The van der Waals surface area contributed by atoms with Gasteiger partial charge >= 0.3 is 0 Å². The second kappa shape index (κ2) is 6.29. The first-order chi connectivity index (χ1) is 11.3. The van der Waals surface area contributed by atoms with Crippen LogP contribution in [0.1, 0.15) is 15.6 Å². The number of aryl methyl sites for hydroxylation is 1. The Morgan fingerprint density at radius 2 is 2.17 bits per heavy atom. The van der Waals surface area contributed by atoms with Gasteiger partial charge in [0.15, 0.2) is 0 Å². The Bertz CT molecular complexity index is 758. The topological polar surface area (TPSA) is 38.9 Å². The number of nitrogens with zero attached hydrogens (tertiary/aromatic N) is 5. The summed E-state index contributed by atoms with van der Waals surface area (Å²) >= 11 is 1.89. The van der Waals surface area contributed by atoms with E-state index in [4.69, 9.17) is 0 Å². The lowest BCUT2D eigenvalue weighted by Crippen LogP contribution is -2.29. The molecule has 0 radical (unpaired) electrons. The summed E-state index contributed by atoms with van der Waals surface area (Å²) in [5.41, 5.74) is 0. The number of thiophene rings is 1. The molecule has 5 nitrogen and oxygen atoms in total. The molecule has 0 bridgehead atoms. The molecule has 120 valence electrons. The largest absolute Gasteiger partial charge is 0.333 e. The zero-order chi connectivity index (χ0) is 15.6. The summed E-state index contributed by atoms with van der Waals surface area (Å²) in [6.45, 7) is 7.12. The molecule has 0 fully saturated rings. The van der Waals surface area contributed by atoms with Crippen LogP contribution in [0.5, 0.6) is 0 Å². The van der Waals surface area contributed by atoms with E-state index in [1.807, 2.05) is 40.7 Å². The highest BCUT2D eigenvalue weighted by molar-refractivity contribution is 7.11. The van der Waals surface area contributed by atoms with Gasteiger partial charge in [0.05, 0.1) is 6.54 Å². The molecule has 1 aliphatic heterocycles. The van der Waals surface area contributed by atoms with Gasteiger partial charge in [-0.05, 0) is 25.1 Å². The quantitative estimate of drug-likeness (QED) is 0.740. The highest BCUT2D eigenvalue weighted by Gasteiger charge is 2.23. The van der Waals surface area contributed by atoms with Gasteiger partial charge in [-0.1, -0.05) is 0 Å². The number of hydrogen-bond donors (Lipinski definition) is 0. The Hall–Kier alpha value is -1.92. The van der Waals surface area contributed by atoms with Gasteiger partial charge in [0.2, 0.25) is 0 Å². The van der Waals surface area contributed by atoms with Crippen molar-refractivity contribution >= 4 is 11.3 Å². The third-order valence-electron chi connectivity index (χ3n) is 4.32. The molecule has 6 heteroatoms. The van der Waals surface area contributed by atoms with Crippen molar-refractivity contribution < 1.29 is 0 Å². The number of hydrogen-bond acceptors (Lipinski definition) is 4. The Balaban J connectivity index is 1.54. The van der Waals surface area contributed by atoms with Crippen LogP contribution in [0, 0.1) is 12.8 Å². The standard InChI is InChI=1S/C17H21N5S/c1-14-3-4-16(23-14)12-20-9-15(11-22-7-2-5-19-22)10-21-8-6-18-17(21)13-20/h2-8,15H,9-13H2,1H3/t15-/m1/s1. The molecule has 3 aromatic heterocycles. The highest BCUT2D eigenvalue weighted by atomic mass is 32.1. The number of rotatable bonds is 4. The van der Waals surface area contributed by atoms with Crippen molar-refractivity contribution in [1.29, 1.82) is 0 Å². The van der Waals surface area contributed by atoms with Crippen LogP contribution < -0.4 is 0 Å². The molecule has 0 spiro atoms. The van der Waals surface area contributed by atoms with E-state index in [1.54, 1.807) is 0 Å². The second-order valence-corrected chi connectivity index (χ2v) is 7.64. The van der Waals surface area contributed by atoms with Crippen molar-refractivity contribution in [3.05, 3.63) is 58.6 Å². The van der Waals surface area contributed by atoms with Crippen molar-refractivity contribution in [3.63, 3.8) is 0 Å². The second-order valence-electron chi connectivity index (χ2n) is 6.27. The average molecular weight is 327 g/mol. The van der Waals surface area contributed by atoms with E-state index < -0.39 is 0 Å². The van der Waals surface area contributed by atoms with E-state index in [9.17, 15) is 0 Å². The van der Waals surface area contributed by atoms with Crippen LogP contribution in [0.2, 0.25) is 0 Å². The van der Waals surface area contributed by atoms with Gasteiger partial charge in [0, 0.05) is 66.6 Å². The van der Waals surface area contributed by atoms with E-state index in [0.29, 0.717) is 5.92 Å². The monoisotopic (exact) mass is 327 g/mol. The molecule has 0 aromatic carbocycles. The third kappa shape index (κ3) is 3.38. The van der Waals surface area contributed by atoms with E-state index in [-0.39, 0.29) is 0 Å². The molecule has 0 saturated heterocycles. The summed E-state index contributed by atoms with van der Waals surface area (Å²) in [6.07, 6.45) is 7.92. The predicted molar refractivity (Wildman–Crippen MR) is 91.1 cm³/mol. The van der Waals surface area contributed by atoms with Gasteiger partial charge in [0.25, 0.3) is 0 Å². The molecule has 0 N–H and O–H groups in total. The lowest BCUT2D eigenvalue weighted by atomic mass is 10.1. The normalized spacial score (nSPS) is 18.7. The van der Waals surface area contributed by atoms with E-state index >= 15 is 0 Å². The number of imidazole rings is 1. The minimum absolute atomic E-state index is 0.534. The van der Waals surface area contributed by atoms with Crippen molar-refractivity contribution in [1.82, 2.24) is 24.2 Å². The van der Waals surface area contributed by atoms with Crippen molar-refractivity contribution in [2.24, 2.45) is 5.92 Å². The van der Waals surface area contributed by atoms with Crippen molar-refractivity contribution in [2.75, 3.05) is 6.54 Å². The molecule has 1 atom stereocenters. The summed E-state index contributed by atoms with van der Waals surface area (Å²) in [7, 11) is 0. The summed E-state index contributed by atoms with van der Waals surface area (Å²) < 4.78 is 4.34. The Labute approximate surface area is 140 Å². The van der Waals surface area contributed by atoms with Gasteiger partial charge < -0.3 is 4.57 Å². The first-order valence-corrected chi connectivity index (χ1v) is 8.83. The van der Waals surface area contributed by atoms with Gasteiger partial charge in [-0.2, -0.15) is 5.10 Å². The van der Waals surface area contributed by atoms with E-state index in [2.05, 4.69) is 44.8 Å². The van der Waals surface area contributed by atoms with Gasteiger partial charge in [-0.25, -0.2) is 4.98 Å². The highest BCUT2D eigenvalue weighted by Crippen LogP contribution is 2.22.